The monoisotopic (exact) mass is 269 g/mol. The van der Waals surface area contributed by atoms with Gasteiger partial charge in [-0.1, -0.05) is 16.8 Å². The van der Waals surface area contributed by atoms with Gasteiger partial charge in [-0.05, 0) is 18.2 Å². The smallest absolute Gasteiger partial charge is 0.246 e. The van der Waals surface area contributed by atoms with E-state index in [2.05, 4.69) is 15.5 Å². The maximum absolute atomic E-state index is 12.9. The van der Waals surface area contributed by atoms with Gasteiger partial charge >= 0.3 is 0 Å². The summed E-state index contributed by atoms with van der Waals surface area (Å²) in [5.41, 5.74) is 0.468. The van der Waals surface area contributed by atoms with Crippen LogP contribution in [0.1, 0.15) is 12.8 Å². The highest BCUT2D eigenvalue weighted by Crippen LogP contribution is 2.26. The molecule has 94 valence electrons. The van der Waals surface area contributed by atoms with Crippen LogP contribution in [0.2, 0.25) is 5.02 Å². The van der Waals surface area contributed by atoms with Crippen molar-refractivity contribution in [3.63, 3.8) is 0 Å². The number of carbonyl (C=O) groups excluding carboxylic acids is 1. The van der Waals surface area contributed by atoms with Crippen LogP contribution in [-0.2, 0) is 11.3 Å². The molecule has 1 aromatic heterocycles. The Labute approximate surface area is 107 Å². The molecule has 1 amide bonds. The number of benzene rings is 1. The van der Waals surface area contributed by atoms with Crippen LogP contribution in [0, 0.1) is 5.82 Å². The molecule has 2 rings (SSSR count). The molecular weight excluding hydrogens is 261 g/mol. The van der Waals surface area contributed by atoms with Crippen molar-refractivity contribution in [2.24, 2.45) is 0 Å². The average Bonchev–Trinajstić information content (AvgIpc) is 2.75. The lowest BCUT2D eigenvalue weighted by Crippen LogP contribution is -2.18. The molecule has 0 radical (unpaired) electrons. The van der Waals surface area contributed by atoms with E-state index >= 15 is 0 Å². The van der Waals surface area contributed by atoms with Gasteiger partial charge in [-0.25, -0.2) is 4.39 Å². The Kier molecular flexibility index (Phi) is 3.57. The number of hydrogen-bond acceptors (Lipinski definition) is 4. The largest absolute Gasteiger partial charge is 0.347 e. The second kappa shape index (κ2) is 5.14. The van der Waals surface area contributed by atoms with Crippen LogP contribution in [0.4, 0.5) is 4.39 Å². The summed E-state index contributed by atoms with van der Waals surface area (Å²) in [6, 6.07) is 3.89. The number of nitrogens with one attached hydrogen (secondary N) is 1. The molecule has 0 unspecified atom stereocenters. The van der Waals surface area contributed by atoms with Gasteiger partial charge in [0.05, 0.1) is 11.6 Å². The van der Waals surface area contributed by atoms with Crippen molar-refractivity contribution in [2.45, 2.75) is 13.5 Å². The fraction of sp³-hybridized carbons (Fsp3) is 0.182. The maximum Gasteiger partial charge on any atom is 0.246 e. The maximum atomic E-state index is 12.9. The van der Waals surface area contributed by atoms with Crippen molar-refractivity contribution in [1.82, 2.24) is 15.5 Å². The molecule has 1 heterocycles. The molecule has 1 N–H and O–H groups in total. The summed E-state index contributed by atoms with van der Waals surface area (Å²) in [6.45, 7) is 1.52. The molecule has 0 saturated carbocycles. The zero-order valence-corrected chi connectivity index (χ0v) is 10.2. The van der Waals surface area contributed by atoms with Gasteiger partial charge in [0.15, 0.2) is 0 Å². The minimum Gasteiger partial charge on any atom is -0.347 e. The Morgan fingerprint density at radius 1 is 1.56 bits per heavy atom. The summed E-state index contributed by atoms with van der Waals surface area (Å²) in [7, 11) is 0. The number of carbonyl (C=O) groups is 1. The second-order valence-corrected chi connectivity index (χ2v) is 3.95. The van der Waals surface area contributed by atoms with Crippen molar-refractivity contribution in [3.05, 3.63) is 34.9 Å². The van der Waals surface area contributed by atoms with Crippen LogP contribution in [0.15, 0.2) is 22.7 Å². The second-order valence-electron chi connectivity index (χ2n) is 3.55. The van der Waals surface area contributed by atoms with E-state index in [9.17, 15) is 9.18 Å². The molecule has 0 aliphatic rings. The first-order valence-electron chi connectivity index (χ1n) is 5.08. The van der Waals surface area contributed by atoms with Crippen LogP contribution in [0.5, 0.6) is 0 Å². The summed E-state index contributed by atoms with van der Waals surface area (Å²) in [4.78, 5) is 14.8. The van der Waals surface area contributed by atoms with E-state index in [0.29, 0.717) is 5.56 Å². The molecule has 1 aromatic carbocycles. The highest BCUT2D eigenvalue weighted by molar-refractivity contribution is 6.33. The van der Waals surface area contributed by atoms with Crippen LogP contribution in [0.25, 0.3) is 11.4 Å². The average molecular weight is 270 g/mol. The number of halogens is 2. The minimum absolute atomic E-state index is 0.140. The highest BCUT2D eigenvalue weighted by Gasteiger charge is 2.12. The fourth-order valence-corrected chi connectivity index (χ4v) is 1.56. The van der Waals surface area contributed by atoms with Crippen LogP contribution >= 0.6 is 11.6 Å². The van der Waals surface area contributed by atoms with Gasteiger partial charge in [-0.15, -0.1) is 0 Å². The van der Waals surface area contributed by atoms with Gasteiger partial charge in [0.1, 0.15) is 5.82 Å². The molecule has 18 heavy (non-hydrogen) atoms. The summed E-state index contributed by atoms with van der Waals surface area (Å²) >= 11 is 5.87. The third-order valence-electron chi connectivity index (χ3n) is 2.13. The molecule has 5 nitrogen and oxygen atoms in total. The molecule has 0 atom stereocenters. The first-order valence-corrected chi connectivity index (χ1v) is 5.46. The quantitative estimate of drug-likeness (QED) is 0.927. The topological polar surface area (TPSA) is 68.0 Å². The normalized spacial score (nSPS) is 10.4. The van der Waals surface area contributed by atoms with Crippen molar-refractivity contribution in [3.8, 4) is 11.4 Å². The predicted molar refractivity (Wildman–Crippen MR) is 62.2 cm³/mol. The SMILES string of the molecule is CC(=O)NCc1nc(-c2ccc(F)cc2Cl)no1. The number of nitrogens with zero attached hydrogens (tertiary/aromatic N) is 2. The third-order valence-corrected chi connectivity index (χ3v) is 2.44. The van der Waals surface area contributed by atoms with E-state index in [1.165, 1.54) is 25.1 Å². The van der Waals surface area contributed by atoms with Gasteiger partial charge in [0, 0.05) is 12.5 Å². The van der Waals surface area contributed by atoms with E-state index in [4.69, 9.17) is 16.1 Å². The first-order chi connectivity index (χ1) is 8.56. The van der Waals surface area contributed by atoms with E-state index in [-0.39, 0.29) is 29.2 Å². The lowest BCUT2D eigenvalue weighted by Gasteiger charge is -1.97. The molecule has 0 spiro atoms. The van der Waals surface area contributed by atoms with Gasteiger partial charge in [-0.2, -0.15) is 4.98 Å². The zero-order valence-electron chi connectivity index (χ0n) is 9.41. The number of amides is 1. The lowest BCUT2D eigenvalue weighted by atomic mass is 10.2. The third kappa shape index (κ3) is 2.84. The van der Waals surface area contributed by atoms with Gasteiger partial charge in [0.25, 0.3) is 0 Å². The summed E-state index contributed by atoms with van der Waals surface area (Å²) < 4.78 is 17.8. The lowest BCUT2D eigenvalue weighted by molar-refractivity contribution is -0.119. The molecule has 0 bridgehead atoms. The first kappa shape index (κ1) is 12.5. The summed E-state index contributed by atoms with van der Waals surface area (Å²) in [5, 5.41) is 6.43. The zero-order chi connectivity index (χ0) is 13.1. The molecule has 7 heteroatoms. The molecule has 0 aliphatic carbocycles. The van der Waals surface area contributed by atoms with Crippen molar-refractivity contribution >= 4 is 17.5 Å². The van der Waals surface area contributed by atoms with Gasteiger partial charge in [-0.3, -0.25) is 4.79 Å². The summed E-state index contributed by atoms with van der Waals surface area (Å²) in [6.07, 6.45) is 0. The predicted octanol–water partition coefficient (Wildman–Crippen LogP) is 2.17. The van der Waals surface area contributed by atoms with Crippen LogP contribution in [-0.4, -0.2) is 16.0 Å². The van der Waals surface area contributed by atoms with Crippen LogP contribution < -0.4 is 5.32 Å². The molecule has 0 aliphatic heterocycles. The highest BCUT2D eigenvalue weighted by atomic mass is 35.5. The molecular formula is C11H9ClFN3O2. The van der Waals surface area contributed by atoms with Crippen molar-refractivity contribution in [2.75, 3.05) is 0 Å². The molecule has 2 aromatic rings. The van der Waals surface area contributed by atoms with E-state index in [1.54, 1.807) is 0 Å². The minimum atomic E-state index is -0.439. The van der Waals surface area contributed by atoms with E-state index in [1.807, 2.05) is 0 Å². The van der Waals surface area contributed by atoms with E-state index in [0.717, 1.165) is 0 Å². The number of rotatable bonds is 3. The van der Waals surface area contributed by atoms with Crippen molar-refractivity contribution < 1.29 is 13.7 Å². The van der Waals surface area contributed by atoms with E-state index < -0.39 is 5.82 Å². The summed E-state index contributed by atoms with van der Waals surface area (Å²) in [5.74, 6) is -0.138. The molecule has 0 fully saturated rings. The van der Waals surface area contributed by atoms with Gasteiger partial charge < -0.3 is 9.84 Å². The Balaban J connectivity index is 2.21. The Morgan fingerprint density at radius 2 is 2.33 bits per heavy atom. The molecule has 0 saturated heterocycles. The van der Waals surface area contributed by atoms with Crippen molar-refractivity contribution in [1.29, 1.82) is 0 Å². The number of hydrogen-bond donors (Lipinski definition) is 1. The Morgan fingerprint density at radius 3 is 3.00 bits per heavy atom. The van der Waals surface area contributed by atoms with Crippen LogP contribution in [0.3, 0.4) is 0 Å². The standard InChI is InChI=1S/C11H9ClFN3O2/c1-6(17)14-5-10-15-11(16-18-10)8-3-2-7(13)4-9(8)12/h2-4H,5H2,1H3,(H,14,17). The number of aromatic nitrogens is 2. The fourth-order valence-electron chi connectivity index (χ4n) is 1.31. The Hall–Kier alpha value is -1.95. The van der Waals surface area contributed by atoms with Gasteiger partial charge in [0.2, 0.25) is 17.6 Å². The Bertz CT molecular complexity index is 585.